The van der Waals surface area contributed by atoms with Crippen LogP contribution in [0.3, 0.4) is 0 Å². The van der Waals surface area contributed by atoms with Crippen molar-refractivity contribution in [1.29, 1.82) is 0 Å². The van der Waals surface area contributed by atoms with Crippen LogP contribution >= 0.6 is 34.5 Å². The summed E-state index contributed by atoms with van der Waals surface area (Å²) in [5.74, 6) is -2.50. The van der Waals surface area contributed by atoms with Crippen molar-refractivity contribution in [1.82, 2.24) is 0 Å². The first kappa shape index (κ1) is 21.2. The molecule has 1 aromatic carbocycles. The minimum absolute atomic E-state index is 0.153. The van der Waals surface area contributed by atoms with Crippen molar-refractivity contribution in [3.8, 4) is 11.1 Å². The van der Waals surface area contributed by atoms with E-state index in [9.17, 15) is 19.5 Å². The number of thiophene rings is 1. The molecule has 2 aromatic rings. The third-order valence-corrected chi connectivity index (χ3v) is 4.81. The summed E-state index contributed by atoms with van der Waals surface area (Å²) in [5.41, 5.74) is 1.20. The van der Waals surface area contributed by atoms with E-state index >= 15 is 0 Å². The molecule has 0 fully saturated rings. The highest BCUT2D eigenvalue weighted by Gasteiger charge is 2.24. The van der Waals surface area contributed by atoms with Crippen molar-refractivity contribution in [2.24, 2.45) is 0 Å². The largest absolute Gasteiger partial charge is 0.550 e. The first-order valence-electron chi connectivity index (χ1n) is 7.96. The summed E-state index contributed by atoms with van der Waals surface area (Å²) >= 11 is 13.3. The zero-order valence-corrected chi connectivity index (χ0v) is 16.8. The van der Waals surface area contributed by atoms with E-state index in [1.807, 2.05) is 0 Å². The Morgan fingerprint density at radius 1 is 1.19 bits per heavy atom. The maximum atomic E-state index is 12.6. The van der Waals surface area contributed by atoms with Crippen LogP contribution < -0.4 is 10.4 Å². The van der Waals surface area contributed by atoms with Crippen LogP contribution in [0.1, 0.15) is 37.0 Å². The normalized spacial score (nSPS) is 10.7. The van der Waals surface area contributed by atoms with E-state index in [1.54, 1.807) is 37.4 Å². The fourth-order valence-electron chi connectivity index (χ4n) is 2.24. The number of carboxylic acids is 1. The molecule has 2 rings (SSSR count). The predicted octanol–water partition coefficient (Wildman–Crippen LogP) is 3.76. The second-order valence-electron chi connectivity index (χ2n) is 5.85. The lowest BCUT2D eigenvalue weighted by Gasteiger charge is -2.12. The van der Waals surface area contributed by atoms with E-state index in [2.05, 4.69) is 5.32 Å². The summed E-state index contributed by atoms with van der Waals surface area (Å²) in [4.78, 5) is 35.1. The fraction of sp³-hybridized carbons (Fsp3) is 0.278. The molecule has 0 aliphatic carbocycles. The Labute approximate surface area is 170 Å². The van der Waals surface area contributed by atoms with E-state index in [1.165, 1.54) is 0 Å². The van der Waals surface area contributed by atoms with Crippen molar-refractivity contribution < 1.29 is 24.2 Å². The molecule has 144 valence electrons. The van der Waals surface area contributed by atoms with Gasteiger partial charge in [-0.2, -0.15) is 0 Å². The molecule has 0 atom stereocenters. The summed E-state index contributed by atoms with van der Waals surface area (Å²) in [7, 11) is 0. The van der Waals surface area contributed by atoms with Crippen molar-refractivity contribution >= 4 is 57.4 Å². The van der Waals surface area contributed by atoms with Gasteiger partial charge in [-0.05, 0) is 32.4 Å². The molecule has 1 aromatic heterocycles. The van der Waals surface area contributed by atoms with Crippen LogP contribution in [0.2, 0.25) is 10.0 Å². The van der Waals surface area contributed by atoms with Gasteiger partial charge in [-0.1, -0.05) is 29.3 Å². The Hall–Kier alpha value is -2.09. The summed E-state index contributed by atoms with van der Waals surface area (Å²) in [6.07, 6.45) is -1.05. The fourth-order valence-corrected chi connectivity index (χ4v) is 3.71. The number of carbonyl (C=O) groups excluding carboxylic acids is 3. The van der Waals surface area contributed by atoms with Crippen molar-refractivity contribution in [3.05, 3.63) is 39.2 Å². The molecule has 0 saturated heterocycles. The molecule has 0 spiro atoms. The summed E-state index contributed by atoms with van der Waals surface area (Å²) in [5, 5.41) is 15.8. The van der Waals surface area contributed by atoms with Crippen LogP contribution in [-0.4, -0.2) is 23.9 Å². The van der Waals surface area contributed by atoms with Gasteiger partial charge < -0.3 is 20.0 Å². The number of esters is 1. The highest BCUT2D eigenvalue weighted by molar-refractivity contribution is 7.15. The van der Waals surface area contributed by atoms with Crippen LogP contribution in [0.5, 0.6) is 0 Å². The predicted molar refractivity (Wildman–Crippen MR) is 103 cm³/mol. The van der Waals surface area contributed by atoms with Crippen molar-refractivity contribution in [2.75, 3.05) is 5.32 Å². The number of carboxylic acid groups (broad SMARTS) is 1. The molecule has 0 aliphatic heterocycles. The van der Waals surface area contributed by atoms with E-state index in [0.29, 0.717) is 21.2 Å². The number of benzene rings is 1. The molecule has 1 heterocycles. The molecule has 0 aliphatic rings. The highest BCUT2D eigenvalue weighted by atomic mass is 35.5. The topological polar surface area (TPSA) is 95.5 Å². The van der Waals surface area contributed by atoms with Gasteiger partial charge in [-0.3, -0.25) is 4.79 Å². The Bertz CT molecular complexity index is 879. The van der Waals surface area contributed by atoms with Gasteiger partial charge in [0.1, 0.15) is 10.6 Å². The smallest absolute Gasteiger partial charge is 0.342 e. The summed E-state index contributed by atoms with van der Waals surface area (Å²) in [6, 6.07) is 4.85. The number of amides is 1. The van der Waals surface area contributed by atoms with Gasteiger partial charge in [-0.25, -0.2) is 4.79 Å². The first-order valence-corrected chi connectivity index (χ1v) is 9.60. The standard InChI is InChI=1S/C18H17Cl2NO5S/c1-9(2)26-18(25)16-12(11-4-3-10(19)7-13(11)20)8-27-17(16)21-14(22)5-6-15(23)24/h3-4,7-9H,5-6H2,1-2H3,(H,21,22)(H,23,24)/p-1. The lowest BCUT2D eigenvalue weighted by Crippen LogP contribution is -2.24. The van der Waals surface area contributed by atoms with Crippen molar-refractivity contribution in [2.45, 2.75) is 32.8 Å². The molecule has 0 saturated carbocycles. The molecule has 1 amide bonds. The number of aliphatic carboxylic acids is 1. The number of hydrogen-bond acceptors (Lipinski definition) is 6. The molecular weight excluding hydrogens is 413 g/mol. The Kier molecular flexibility index (Phi) is 7.24. The van der Waals surface area contributed by atoms with Crippen LogP contribution in [-0.2, 0) is 14.3 Å². The van der Waals surface area contributed by atoms with Crippen LogP contribution in [0.4, 0.5) is 5.00 Å². The molecule has 27 heavy (non-hydrogen) atoms. The Balaban J connectivity index is 2.42. The SMILES string of the molecule is CC(C)OC(=O)c1c(-c2ccc(Cl)cc2Cl)csc1NC(=O)CCC(=O)[O-]. The quantitative estimate of drug-likeness (QED) is 0.677. The van der Waals surface area contributed by atoms with Crippen molar-refractivity contribution in [3.63, 3.8) is 0 Å². The summed E-state index contributed by atoms with van der Waals surface area (Å²) in [6.45, 7) is 3.41. The summed E-state index contributed by atoms with van der Waals surface area (Å²) < 4.78 is 5.28. The minimum Gasteiger partial charge on any atom is -0.550 e. The number of halogens is 2. The average Bonchev–Trinajstić information content (AvgIpc) is 2.95. The maximum absolute atomic E-state index is 12.6. The van der Waals surface area contributed by atoms with Gasteiger partial charge in [-0.15, -0.1) is 11.3 Å². The van der Waals surface area contributed by atoms with E-state index in [4.69, 9.17) is 27.9 Å². The maximum Gasteiger partial charge on any atom is 0.342 e. The van der Waals surface area contributed by atoms with Crippen LogP contribution in [0, 0.1) is 0 Å². The third kappa shape index (κ3) is 5.69. The highest BCUT2D eigenvalue weighted by Crippen LogP contribution is 2.40. The van der Waals surface area contributed by atoms with Gasteiger partial charge in [0.05, 0.1) is 6.10 Å². The Morgan fingerprint density at radius 3 is 2.48 bits per heavy atom. The number of carbonyl (C=O) groups is 3. The zero-order valence-electron chi connectivity index (χ0n) is 14.5. The average molecular weight is 429 g/mol. The van der Waals surface area contributed by atoms with E-state index < -0.39 is 24.3 Å². The molecule has 0 radical (unpaired) electrons. The lowest BCUT2D eigenvalue weighted by molar-refractivity contribution is -0.305. The Morgan fingerprint density at radius 2 is 1.89 bits per heavy atom. The van der Waals surface area contributed by atoms with Gasteiger partial charge in [0, 0.05) is 38.9 Å². The molecule has 0 unspecified atom stereocenters. The first-order chi connectivity index (χ1) is 12.7. The molecule has 9 heteroatoms. The van der Waals surface area contributed by atoms with Crippen LogP contribution in [0.25, 0.3) is 11.1 Å². The van der Waals surface area contributed by atoms with Gasteiger partial charge >= 0.3 is 5.97 Å². The molecule has 1 N–H and O–H groups in total. The number of nitrogens with one attached hydrogen (secondary N) is 1. The molecular formula is C18H16Cl2NO5S-. The second-order valence-corrected chi connectivity index (χ2v) is 7.58. The monoisotopic (exact) mass is 428 g/mol. The zero-order chi connectivity index (χ0) is 20.1. The number of anilines is 1. The molecule has 6 nitrogen and oxygen atoms in total. The molecule has 0 bridgehead atoms. The lowest BCUT2D eigenvalue weighted by atomic mass is 10.0. The van der Waals surface area contributed by atoms with Gasteiger partial charge in [0.2, 0.25) is 5.91 Å². The minimum atomic E-state index is -1.33. The van der Waals surface area contributed by atoms with Crippen LogP contribution in [0.15, 0.2) is 23.6 Å². The van der Waals surface area contributed by atoms with E-state index in [-0.39, 0.29) is 23.1 Å². The van der Waals surface area contributed by atoms with Gasteiger partial charge in [0.15, 0.2) is 0 Å². The van der Waals surface area contributed by atoms with E-state index in [0.717, 1.165) is 11.3 Å². The number of rotatable bonds is 7. The third-order valence-electron chi connectivity index (χ3n) is 3.37. The second kappa shape index (κ2) is 9.21. The number of ether oxygens (including phenoxy) is 1. The number of hydrogen-bond donors (Lipinski definition) is 1. The van der Waals surface area contributed by atoms with Gasteiger partial charge in [0.25, 0.3) is 0 Å².